The van der Waals surface area contributed by atoms with Gasteiger partial charge in [-0.15, -0.1) is 0 Å². The molecule has 16 heavy (non-hydrogen) atoms. The first-order valence-corrected chi connectivity index (χ1v) is 4.70. The van der Waals surface area contributed by atoms with E-state index in [2.05, 4.69) is 4.98 Å². The van der Waals surface area contributed by atoms with Crippen molar-refractivity contribution in [2.24, 2.45) is 0 Å². The van der Waals surface area contributed by atoms with Gasteiger partial charge >= 0.3 is 12.1 Å². The highest BCUT2D eigenvalue weighted by Gasteiger charge is 2.37. The molecule has 0 saturated heterocycles. The zero-order chi connectivity index (χ0) is 11.8. The number of esters is 1. The maximum atomic E-state index is 12.5. The summed E-state index contributed by atoms with van der Waals surface area (Å²) in [5.41, 5.74) is -1.53. The molecule has 0 atom stereocenters. The highest BCUT2D eigenvalue weighted by Crippen LogP contribution is 2.32. The topological polar surface area (TPSA) is 39.2 Å². The van der Waals surface area contributed by atoms with E-state index >= 15 is 0 Å². The summed E-state index contributed by atoms with van der Waals surface area (Å²) in [6.45, 7) is 0. The fourth-order valence-corrected chi connectivity index (χ4v) is 1.20. The van der Waals surface area contributed by atoms with Gasteiger partial charge in [-0.25, -0.2) is 4.79 Å². The molecule has 0 bridgehead atoms. The van der Waals surface area contributed by atoms with Crippen molar-refractivity contribution < 1.29 is 22.7 Å². The number of aromatic nitrogens is 1. The summed E-state index contributed by atoms with van der Waals surface area (Å²) in [6.07, 6.45) is -1.60. The number of hydrogen-bond donors (Lipinski definition) is 0. The van der Waals surface area contributed by atoms with E-state index in [0.717, 1.165) is 25.1 Å². The number of halogens is 3. The van der Waals surface area contributed by atoms with E-state index < -0.39 is 23.3 Å². The molecule has 1 saturated carbocycles. The third-order valence-corrected chi connectivity index (χ3v) is 2.14. The molecule has 0 unspecified atom stereocenters. The maximum Gasteiger partial charge on any atom is 0.418 e. The van der Waals surface area contributed by atoms with Crippen LogP contribution in [-0.2, 0) is 10.9 Å². The van der Waals surface area contributed by atoms with Crippen molar-refractivity contribution >= 4 is 5.97 Å². The Bertz CT molecular complexity index is 413. The van der Waals surface area contributed by atoms with Crippen molar-refractivity contribution in [1.29, 1.82) is 0 Å². The SMILES string of the molecule is O=C(OC1CC1)c1ccncc1C(F)(F)F. The first-order valence-electron chi connectivity index (χ1n) is 4.70. The number of rotatable bonds is 2. The van der Waals surface area contributed by atoms with E-state index in [1.54, 1.807) is 0 Å². The molecule has 0 radical (unpaired) electrons. The summed E-state index contributed by atoms with van der Waals surface area (Å²) < 4.78 is 42.4. The van der Waals surface area contributed by atoms with E-state index in [0.29, 0.717) is 6.20 Å². The first-order chi connectivity index (χ1) is 7.48. The lowest BCUT2D eigenvalue weighted by atomic mass is 10.1. The Balaban J connectivity index is 2.28. The Kier molecular flexibility index (Phi) is 2.57. The lowest BCUT2D eigenvalue weighted by Crippen LogP contribution is -2.16. The second-order valence-corrected chi connectivity index (χ2v) is 3.52. The molecule has 86 valence electrons. The zero-order valence-electron chi connectivity index (χ0n) is 8.12. The largest absolute Gasteiger partial charge is 0.459 e. The van der Waals surface area contributed by atoms with E-state index in [1.807, 2.05) is 0 Å². The lowest BCUT2D eigenvalue weighted by molar-refractivity contribution is -0.138. The van der Waals surface area contributed by atoms with Gasteiger partial charge in [-0.3, -0.25) is 4.98 Å². The molecule has 1 aromatic heterocycles. The number of pyridine rings is 1. The number of alkyl halides is 3. The van der Waals surface area contributed by atoms with Gasteiger partial charge in [-0.2, -0.15) is 13.2 Å². The van der Waals surface area contributed by atoms with Gasteiger partial charge in [0.15, 0.2) is 0 Å². The molecule has 1 heterocycles. The van der Waals surface area contributed by atoms with Gasteiger partial charge < -0.3 is 4.74 Å². The van der Waals surface area contributed by atoms with Crippen molar-refractivity contribution in [3.8, 4) is 0 Å². The maximum absolute atomic E-state index is 12.5. The third kappa shape index (κ3) is 2.32. The van der Waals surface area contributed by atoms with Crippen LogP contribution in [0.4, 0.5) is 13.2 Å². The number of carbonyl (C=O) groups excluding carboxylic acids is 1. The minimum absolute atomic E-state index is 0.221. The summed E-state index contributed by atoms with van der Waals surface area (Å²) in [5.74, 6) is -0.933. The molecule has 0 N–H and O–H groups in total. The molecule has 1 fully saturated rings. The van der Waals surface area contributed by atoms with Crippen LogP contribution in [-0.4, -0.2) is 17.1 Å². The Morgan fingerprint density at radius 3 is 2.69 bits per heavy atom. The minimum Gasteiger partial charge on any atom is -0.459 e. The van der Waals surface area contributed by atoms with Crippen LogP contribution in [0.15, 0.2) is 18.5 Å². The quantitative estimate of drug-likeness (QED) is 0.734. The van der Waals surface area contributed by atoms with Gasteiger partial charge in [0.2, 0.25) is 0 Å². The second kappa shape index (κ2) is 3.77. The fourth-order valence-electron chi connectivity index (χ4n) is 1.20. The summed E-state index contributed by atoms with van der Waals surface area (Å²) in [6, 6.07) is 1.02. The first kappa shape index (κ1) is 10.9. The lowest BCUT2D eigenvalue weighted by Gasteiger charge is -2.10. The highest BCUT2D eigenvalue weighted by molar-refractivity contribution is 5.91. The Morgan fingerprint density at radius 1 is 1.44 bits per heavy atom. The van der Waals surface area contributed by atoms with Crippen LogP contribution in [0.25, 0.3) is 0 Å². The Labute approximate surface area is 89.2 Å². The summed E-state index contributed by atoms with van der Waals surface area (Å²) in [7, 11) is 0. The van der Waals surface area contributed by atoms with Gasteiger partial charge in [0.25, 0.3) is 0 Å². The molecule has 0 aromatic carbocycles. The van der Waals surface area contributed by atoms with Crippen LogP contribution in [0.1, 0.15) is 28.8 Å². The average molecular weight is 231 g/mol. The molecule has 1 aromatic rings. The number of ether oxygens (including phenoxy) is 1. The van der Waals surface area contributed by atoms with Crippen LogP contribution in [0, 0.1) is 0 Å². The van der Waals surface area contributed by atoms with Crippen LogP contribution < -0.4 is 0 Å². The van der Waals surface area contributed by atoms with Gasteiger partial charge in [-0.1, -0.05) is 0 Å². The predicted octanol–water partition coefficient (Wildman–Crippen LogP) is 2.42. The average Bonchev–Trinajstić information content (AvgIpc) is 3.00. The molecule has 0 spiro atoms. The molecule has 6 heteroatoms. The molecule has 2 rings (SSSR count). The third-order valence-electron chi connectivity index (χ3n) is 2.14. The standard InChI is InChI=1S/C10H8F3NO2/c11-10(12,13)8-5-14-4-3-7(8)9(15)16-6-1-2-6/h3-6H,1-2H2. The number of nitrogens with zero attached hydrogens (tertiary/aromatic N) is 1. The number of carbonyl (C=O) groups is 1. The van der Waals surface area contributed by atoms with Crippen LogP contribution in [0.5, 0.6) is 0 Å². The zero-order valence-corrected chi connectivity index (χ0v) is 8.12. The number of hydrogen-bond acceptors (Lipinski definition) is 3. The molecular formula is C10H8F3NO2. The van der Waals surface area contributed by atoms with Crippen molar-refractivity contribution in [3.05, 3.63) is 29.6 Å². The molecule has 1 aliphatic rings. The molecular weight excluding hydrogens is 223 g/mol. The minimum atomic E-state index is -4.59. The highest BCUT2D eigenvalue weighted by atomic mass is 19.4. The van der Waals surface area contributed by atoms with Crippen molar-refractivity contribution in [1.82, 2.24) is 4.98 Å². The van der Waals surface area contributed by atoms with Crippen LogP contribution in [0.3, 0.4) is 0 Å². The smallest absolute Gasteiger partial charge is 0.418 e. The fraction of sp³-hybridized carbons (Fsp3) is 0.400. The van der Waals surface area contributed by atoms with E-state index in [1.165, 1.54) is 0 Å². The van der Waals surface area contributed by atoms with Gasteiger partial charge in [0, 0.05) is 12.4 Å². The van der Waals surface area contributed by atoms with E-state index in [-0.39, 0.29) is 6.10 Å². The second-order valence-electron chi connectivity index (χ2n) is 3.52. The van der Waals surface area contributed by atoms with Gasteiger partial charge in [0.05, 0.1) is 11.1 Å². The van der Waals surface area contributed by atoms with Crippen molar-refractivity contribution in [2.45, 2.75) is 25.1 Å². The van der Waals surface area contributed by atoms with E-state index in [4.69, 9.17) is 4.74 Å². The van der Waals surface area contributed by atoms with Gasteiger partial charge in [-0.05, 0) is 18.9 Å². The monoisotopic (exact) mass is 231 g/mol. The van der Waals surface area contributed by atoms with Gasteiger partial charge in [0.1, 0.15) is 6.10 Å². The van der Waals surface area contributed by atoms with E-state index in [9.17, 15) is 18.0 Å². The summed E-state index contributed by atoms with van der Waals surface area (Å²) in [4.78, 5) is 14.8. The van der Waals surface area contributed by atoms with Crippen LogP contribution >= 0.6 is 0 Å². The van der Waals surface area contributed by atoms with Crippen molar-refractivity contribution in [2.75, 3.05) is 0 Å². The van der Waals surface area contributed by atoms with Crippen LogP contribution in [0.2, 0.25) is 0 Å². The molecule has 0 aliphatic heterocycles. The summed E-state index contributed by atoms with van der Waals surface area (Å²) >= 11 is 0. The molecule has 3 nitrogen and oxygen atoms in total. The normalized spacial score (nSPS) is 15.9. The Morgan fingerprint density at radius 2 is 2.12 bits per heavy atom. The molecule has 1 aliphatic carbocycles. The molecule has 0 amide bonds. The predicted molar refractivity (Wildman–Crippen MR) is 47.7 cm³/mol. The Hall–Kier alpha value is -1.59. The summed E-state index contributed by atoms with van der Waals surface area (Å²) in [5, 5.41) is 0. The van der Waals surface area contributed by atoms with Crippen molar-refractivity contribution in [3.63, 3.8) is 0 Å².